The summed E-state index contributed by atoms with van der Waals surface area (Å²) < 4.78 is 13.7. The van der Waals surface area contributed by atoms with Gasteiger partial charge < -0.3 is 10.2 Å². The maximum atomic E-state index is 12.8. The van der Waals surface area contributed by atoms with Crippen LogP contribution in [0.3, 0.4) is 0 Å². The van der Waals surface area contributed by atoms with Crippen molar-refractivity contribution in [2.24, 2.45) is 5.16 Å². The smallest absolute Gasteiger partial charge is 0.260 e. The van der Waals surface area contributed by atoms with Crippen LogP contribution in [0.1, 0.15) is 11.1 Å². The van der Waals surface area contributed by atoms with Gasteiger partial charge in [-0.15, -0.1) is 0 Å². The number of oxime groups is 1. The molecule has 0 saturated heterocycles. The highest BCUT2D eigenvalue weighted by Gasteiger charge is 2.01. The van der Waals surface area contributed by atoms with Crippen LogP contribution in [0.4, 0.5) is 4.39 Å². The fourth-order valence-electron chi connectivity index (χ4n) is 1.82. The number of carbonyl (C=O) groups excluding carboxylic acids is 1. The molecule has 0 heterocycles. The van der Waals surface area contributed by atoms with Gasteiger partial charge in [-0.2, -0.15) is 0 Å². The van der Waals surface area contributed by atoms with E-state index in [2.05, 4.69) is 26.4 Å². The molecule has 0 atom stereocenters. The molecule has 23 heavy (non-hydrogen) atoms. The van der Waals surface area contributed by atoms with Gasteiger partial charge in [0.1, 0.15) is 5.82 Å². The van der Waals surface area contributed by atoms with Crippen molar-refractivity contribution in [3.8, 4) is 0 Å². The second-order valence-electron chi connectivity index (χ2n) is 4.76. The predicted molar refractivity (Wildman–Crippen MR) is 90.8 cm³/mol. The van der Waals surface area contributed by atoms with Gasteiger partial charge >= 0.3 is 0 Å². The molecule has 4 nitrogen and oxygen atoms in total. The molecule has 0 radical (unpaired) electrons. The Kier molecular flexibility index (Phi) is 6.75. The monoisotopic (exact) mass is 378 g/mol. The number of nitrogens with one attached hydrogen (secondary N) is 1. The summed E-state index contributed by atoms with van der Waals surface area (Å²) >= 11 is 3.39. The van der Waals surface area contributed by atoms with Crippen molar-refractivity contribution in [2.75, 3.05) is 13.2 Å². The van der Waals surface area contributed by atoms with Crippen LogP contribution >= 0.6 is 15.9 Å². The zero-order valence-electron chi connectivity index (χ0n) is 12.3. The third-order valence-corrected chi connectivity index (χ3v) is 3.74. The van der Waals surface area contributed by atoms with Crippen LogP contribution in [0.25, 0.3) is 0 Å². The van der Waals surface area contributed by atoms with Gasteiger partial charge in [-0.1, -0.05) is 51.4 Å². The van der Waals surface area contributed by atoms with Crippen LogP contribution < -0.4 is 5.32 Å². The van der Waals surface area contributed by atoms with Crippen molar-refractivity contribution < 1.29 is 14.0 Å². The fourth-order valence-corrected chi connectivity index (χ4v) is 2.21. The van der Waals surface area contributed by atoms with Crippen LogP contribution in [0.15, 0.2) is 58.2 Å². The number of halogens is 2. The summed E-state index contributed by atoms with van der Waals surface area (Å²) in [5, 5.41) is 6.48. The van der Waals surface area contributed by atoms with E-state index in [1.807, 2.05) is 24.3 Å². The Hall–Kier alpha value is -2.21. The number of hydrogen-bond acceptors (Lipinski definition) is 3. The fraction of sp³-hybridized carbons (Fsp3) is 0.176. The Labute approximate surface area is 142 Å². The molecule has 120 valence electrons. The number of amides is 1. The molecule has 1 N–H and O–H groups in total. The predicted octanol–water partition coefficient (Wildman–Crippen LogP) is 3.30. The molecule has 0 fully saturated rings. The lowest BCUT2D eigenvalue weighted by molar-refractivity contribution is -0.125. The van der Waals surface area contributed by atoms with E-state index in [0.29, 0.717) is 13.0 Å². The molecule has 0 aromatic heterocycles. The molecule has 0 saturated carbocycles. The molecule has 0 aliphatic heterocycles. The van der Waals surface area contributed by atoms with Gasteiger partial charge in [0.2, 0.25) is 0 Å². The number of carbonyl (C=O) groups is 1. The second kappa shape index (κ2) is 9.05. The summed E-state index contributed by atoms with van der Waals surface area (Å²) in [6.07, 6.45) is 2.17. The minimum Gasteiger partial charge on any atom is -0.386 e. The lowest BCUT2D eigenvalue weighted by atomic mass is 10.1. The van der Waals surface area contributed by atoms with Crippen molar-refractivity contribution in [1.29, 1.82) is 0 Å². The van der Waals surface area contributed by atoms with E-state index in [1.165, 1.54) is 18.3 Å². The molecule has 2 aromatic carbocycles. The molecule has 0 unspecified atom stereocenters. The second-order valence-corrected chi connectivity index (χ2v) is 5.61. The number of rotatable bonds is 7. The van der Waals surface area contributed by atoms with E-state index < -0.39 is 0 Å². The lowest BCUT2D eigenvalue weighted by Crippen LogP contribution is -2.28. The minimum absolute atomic E-state index is 0.148. The number of benzene rings is 2. The molecule has 0 aliphatic rings. The van der Waals surface area contributed by atoms with E-state index in [0.717, 1.165) is 15.6 Å². The van der Waals surface area contributed by atoms with E-state index in [1.54, 1.807) is 12.1 Å². The first kappa shape index (κ1) is 17.1. The topological polar surface area (TPSA) is 50.7 Å². The zero-order valence-corrected chi connectivity index (χ0v) is 13.9. The summed E-state index contributed by atoms with van der Waals surface area (Å²) in [7, 11) is 0. The number of hydrogen-bond donors (Lipinski definition) is 1. The van der Waals surface area contributed by atoms with Crippen LogP contribution in [0, 0.1) is 5.82 Å². The largest absolute Gasteiger partial charge is 0.386 e. The third kappa shape index (κ3) is 6.20. The highest BCUT2D eigenvalue weighted by molar-refractivity contribution is 9.10. The lowest BCUT2D eigenvalue weighted by Gasteiger charge is -2.04. The molecule has 1 amide bonds. The Morgan fingerprint density at radius 1 is 1.22 bits per heavy atom. The normalized spacial score (nSPS) is 10.7. The molecule has 0 spiro atoms. The average molecular weight is 379 g/mol. The van der Waals surface area contributed by atoms with Gasteiger partial charge in [0.05, 0.1) is 6.21 Å². The van der Waals surface area contributed by atoms with Crippen molar-refractivity contribution >= 4 is 28.1 Å². The Morgan fingerprint density at radius 3 is 2.70 bits per heavy atom. The maximum absolute atomic E-state index is 12.8. The Bertz CT molecular complexity index is 675. The van der Waals surface area contributed by atoms with Crippen LogP contribution in [-0.2, 0) is 16.1 Å². The molecule has 2 aromatic rings. The quantitative estimate of drug-likeness (QED) is 0.593. The van der Waals surface area contributed by atoms with Gasteiger partial charge in [-0.3, -0.25) is 4.79 Å². The molecular formula is C17H16BrFN2O2. The first-order chi connectivity index (χ1) is 11.1. The first-order valence-corrected chi connectivity index (χ1v) is 7.85. The standard InChI is InChI=1S/C17H16BrFN2O2/c18-16-4-2-1-3-14(16)11-21-23-12-17(22)20-10-9-13-5-7-15(19)8-6-13/h1-8,11H,9-10,12H2,(H,20,22)/b21-11-. The zero-order chi connectivity index (χ0) is 16.5. The summed E-state index contributed by atoms with van der Waals surface area (Å²) in [5.74, 6) is -0.523. The van der Waals surface area contributed by atoms with Gasteiger partial charge in [-0.25, -0.2) is 4.39 Å². The Morgan fingerprint density at radius 2 is 1.96 bits per heavy atom. The van der Waals surface area contributed by atoms with Crippen LogP contribution in [-0.4, -0.2) is 25.3 Å². The molecule has 0 aliphatic carbocycles. The minimum atomic E-state index is -0.269. The summed E-state index contributed by atoms with van der Waals surface area (Å²) in [6, 6.07) is 13.7. The highest BCUT2D eigenvalue weighted by Crippen LogP contribution is 2.13. The van der Waals surface area contributed by atoms with Crippen LogP contribution in [0.5, 0.6) is 0 Å². The van der Waals surface area contributed by atoms with Crippen LogP contribution in [0.2, 0.25) is 0 Å². The van der Waals surface area contributed by atoms with Gasteiger partial charge in [0.25, 0.3) is 5.91 Å². The third-order valence-electron chi connectivity index (χ3n) is 3.02. The van der Waals surface area contributed by atoms with Gasteiger partial charge in [-0.05, 0) is 30.2 Å². The first-order valence-electron chi connectivity index (χ1n) is 7.06. The van der Waals surface area contributed by atoms with Crippen molar-refractivity contribution in [2.45, 2.75) is 6.42 Å². The van der Waals surface area contributed by atoms with E-state index >= 15 is 0 Å². The van der Waals surface area contributed by atoms with E-state index in [-0.39, 0.29) is 18.3 Å². The molecule has 2 rings (SSSR count). The SMILES string of the molecule is O=C(CO/N=C\c1ccccc1Br)NCCc1ccc(F)cc1. The van der Waals surface area contributed by atoms with Gasteiger partial charge in [0.15, 0.2) is 6.61 Å². The molecule has 0 bridgehead atoms. The molecule has 6 heteroatoms. The molecular weight excluding hydrogens is 363 g/mol. The van der Waals surface area contributed by atoms with Crippen molar-refractivity contribution in [1.82, 2.24) is 5.32 Å². The van der Waals surface area contributed by atoms with E-state index in [9.17, 15) is 9.18 Å². The highest BCUT2D eigenvalue weighted by atomic mass is 79.9. The summed E-state index contributed by atoms with van der Waals surface area (Å²) in [4.78, 5) is 16.5. The van der Waals surface area contributed by atoms with Gasteiger partial charge in [0, 0.05) is 16.6 Å². The van der Waals surface area contributed by atoms with E-state index in [4.69, 9.17) is 4.84 Å². The van der Waals surface area contributed by atoms with Crippen molar-refractivity contribution in [3.05, 3.63) is 69.9 Å². The average Bonchev–Trinajstić information content (AvgIpc) is 2.55. The summed E-state index contributed by atoms with van der Waals surface area (Å²) in [5.41, 5.74) is 1.82. The number of nitrogens with zero attached hydrogens (tertiary/aromatic N) is 1. The maximum Gasteiger partial charge on any atom is 0.260 e. The van der Waals surface area contributed by atoms with Crippen molar-refractivity contribution in [3.63, 3.8) is 0 Å². The Balaban J connectivity index is 1.65. The summed E-state index contributed by atoms with van der Waals surface area (Å²) in [6.45, 7) is 0.312.